The maximum atomic E-state index is 11.0. The molecular formula is C17H30N4O3. The maximum absolute atomic E-state index is 11.0. The van der Waals surface area contributed by atoms with Crippen LogP contribution in [0.2, 0.25) is 0 Å². The van der Waals surface area contributed by atoms with E-state index in [-0.39, 0.29) is 11.9 Å². The molecule has 0 saturated carbocycles. The second-order valence-corrected chi connectivity index (χ2v) is 5.78. The predicted octanol–water partition coefficient (Wildman–Crippen LogP) is 1.88. The molecule has 24 heavy (non-hydrogen) atoms. The summed E-state index contributed by atoms with van der Waals surface area (Å²) >= 11 is 0. The van der Waals surface area contributed by atoms with E-state index in [0.717, 1.165) is 26.1 Å². The second kappa shape index (κ2) is 10.7. The number of nitrogens with one attached hydrogen (secondary N) is 2. The van der Waals surface area contributed by atoms with Crippen molar-refractivity contribution in [2.75, 3.05) is 19.7 Å². The number of furan rings is 1. The average molecular weight is 338 g/mol. The van der Waals surface area contributed by atoms with Crippen molar-refractivity contribution in [2.45, 2.75) is 46.8 Å². The number of hydrogen-bond acceptors (Lipinski definition) is 4. The van der Waals surface area contributed by atoms with E-state index in [0.29, 0.717) is 24.2 Å². The highest BCUT2D eigenvalue weighted by molar-refractivity contribution is 5.89. The first kappa shape index (κ1) is 20.0. The van der Waals surface area contributed by atoms with E-state index in [1.165, 1.54) is 0 Å². The van der Waals surface area contributed by atoms with Gasteiger partial charge in [-0.3, -0.25) is 4.79 Å². The van der Waals surface area contributed by atoms with E-state index in [2.05, 4.69) is 29.5 Å². The molecule has 0 radical (unpaired) electrons. The molecule has 1 rings (SSSR count). The van der Waals surface area contributed by atoms with Crippen LogP contribution in [0.4, 0.5) is 0 Å². The van der Waals surface area contributed by atoms with Crippen molar-refractivity contribution in [1.29, 1.82) is 0 Å². The third kappa shape index (κ3) is 7.04. The summed E-state index contributed by atoms with van der Waals surface area (Å²) in [7, 11) is 0. The lowest BCUT2D eigenvalue weighted by Crippen LogP contribution is -2.39. The number of carbonyl (C=O) groups excluding carboxylic acids is 1. The van der Waals surface area contributed by atoms with Crippen molar-refractivity contribution in [3.63, 3.8) is 0 Å². The van der Waals surface area contributed by atoms with Crippen LogP contribution in [0, 0.1) is 5.92 Å². The van der Waals surface area contributed by atoms with Crippen LogP contribution in [-0.2, 0) is 11.3 Å². The summed E-state index contributed by atoms with van der Waals surface area (Å²) in [4.78, 5) is 15.5. The number of primary amides is 1. The topological polar surface area (TPSA) is 102 Å². The maximum Gasteiger partial charge on any atom is 0.284 e. The van der Waals surface area contributed by atoms with Crippen molar-refractivity contribution >= 4 is 11.9 Å². The van der Waals surface area contributed by atoms with Gasteiger partial charge in [0.25, 0.3) is 5.91 Å². The van der Waals surface area contributed by atoms with E-state index >= 15 is 0 Å². The first-order valence-corrected chi connectivity index (χ1v) is 8.50. The molecule has 0 aliphatic heterocycles. The lowest BCUT2D eigenvalue weighted by molar-refractivity contribution is 0.0258. The fourth-order valence-corrected chi connectivity index (χ4v) is 2.25. The SMILES string of the molecule is CCNC(=NCc1ccc(C(N)=O)o1)NCCC(OCC)C(C)C. The van der Waals surface area contributed by atoms with Gasteiger partial charge in [-0.15, -0.1) is 0 Å². The molecule has 7 nitrogen and oxygen atoms in total. The Morgan fingerprint density at radius 2 is 2.08 bits per heavy atom. The third-order valence-corrected chi connectivity index (χ3v) is 3.49. The predicted molar refractivity (Wildman–Crippen MR) is 94.9 cm³/mol. The Kier molecular flexibility index (Phi) is 8.93. The average Bonchev–Trinajstić information content (AvgIpc) is 3.00. The van der Waals surface area contributed by atoms with Crippen LogP contribution in [0.25, 0.3) is 0 Å². The summed E-state index contributed by atoms with van der Waals surface area (Å²) in [5, 5.41) is 6.47. The van der Waals surface area contributed by atoms with E-state index in [1.54, 1.807) is 12.1 Å². The molecule has 1 heterocycles. The largest absolute Gasteiger partial charge is 0.454 e. The third-order valence-electron chi connectivity index (χ3n) is 3.49. The second-order valence-electron chi connectivity index (χ2n) is 5.78. The molecule has 1 amide bonds. The Labute approximate surface area is 144 Å². The summed E-state index contributed by atoms with van der Waals surface area (Å²) in [6.07, 6.45) is 1.14. The minimum atomic E-state index is -0.578. The summed E-state index contributed by atoms with van der Waals surface area (Å²) in [6.45, 7) is 10.9. The van der Waals surface area contributed by atoms with Gasteiger partial charge < -0.3 is 25.5 Å². The highest BCUT2D eigenvalue weighted by atomic mass is 16.5. The lowest BCUT2D eigenvalue weighted by Gasteiger charge is -2.21. The van der Waals surface area contributed by atoms with Crippen LogP contribution >= 0.6 is 0 Å². The van der Waals surface area contributed by atoms with Gasteiger partial charge in [-0.05, 0) is 38.3 Å². The van der Waals surface area contributed by atoms with Crippen molar-refractivity contribution in [3.05, 3.63) is 23.7 Å². The highest BCUT2D eigenvalue weighted by Gasteiger charge is 2.13. The molecule has 7 heteroatoms. The number of hydrogen-bond donors (Lipinski definition) is 3. The Bertz CT molecular complexity index is 526. The molecule has 0 bridgehead atoms. The van der Waals surface area contributed by atoms with Crippen molar-refractivity contribution < 1.29 is 13.9 Å². The first-order valence-electron chi connectivity index (χ1n) is 8.50. The molecule has 1 aromatic heterocycles. The van der Waals surface area contributed by atoms with Crippen molar-refractivity contribution in [3.8, 4) is 0 Å². The van der Waals surface area contributed by atoms with Gasteiger partial charge >= 0.3 is 0 Å². The van der Waals surface area contributed by atoms with Crippen molar-refractivity contribution in [1.82, 2.24) is 10.6 Å². The quantitative estimate of drug-likeness (QED) is 0.446. The van der Waals surface area contributed by atoms with E-state index < -0.39 is 5.91 Å². The highest BCUT2D eigenvalue weighted by Crippen LogP contribution is 2.10. The smallest absolute Gasteiger partial charge is 0.284 e. The van der Waals surface area contributed by atoms with Gasteiger partial charge in [-0.1, -0.05) is 13.8 Å². The van der Waals surface area contributed by atoms with Crippen LogP contribution in [-0.4, -0.2) is 37.7 Å². The minimum absolute atomic E-state index is 0.148. The Morgan fingerprint density at radius 3 is 2.62 bits per heavy atom. The zero-order valence-electron chi connectivity index (χ0n) is 15.1. The van der Waals surface area contributed by atoms with Crippen LogP contribution in [0.5, 0.6) is 0 Å². The van der Waals surface area contributed by atoms with Gasteiger partial charge in [0.2, 0.25) is 0 Å². The van der Waals surface area contributed by atoms with E-state index in [9.17, 15) is 4.79 Å². The van der Waals surface area contributed by atoms with Crippen LogP contribution < -0.4 is 16.4 Å². The molecule has 0 aliphatic carbocycles. The first-order chi connectivity index (χ1) is 11.5. The van der Waals surface area contributed by atoms with Crippen LogP contribution in [0.15, 0.2) is 21.5 Å². The summed E-state index contributed by atoms with van der Waals surface area (Å²) in [5.74, 6) is 1.34. The van der Waals surface area contributed by atoms with Gasteiger partial charge in [0.05, 0.1) is 6.10 Å². The number of amides is 1. The minimum Gasteiger partial charge on any atom is -0.454 e. The standard InChI is InChI=1S/C17H30N4O3/c1-5-19-17(20-10-9-14(12(3)4)23-6-2)21-11-13-7-8-15(24-13)16(18)22/h7-8,12,14H,5-6,9-11H2,1-4H3,(H2,18,22)(H2,19,20,21). The van der Waals surface area contributed by atoms with Gasteiger partial charge in [-0.25, -0.2) is 4.99 Å². The molecule has 0 spiro atoms. The summed E-state index contributed by atoms with van der Waals surface area (Å²) in [5.41, 5.74) is 5.17. The number of carbonyl (C=O) groups is 1. The van der Waals surface area contributed by atoms with Gasteiger partial charge in [0, 0.05) is 19.7 Å². The normalized spacial score (nSPS) is 13.1. The van der Waals surface area contributed by atoms with E-state index in [4.69, 9.17) is 14.9 Å². The summed E-state index contributed by atoms with van der Waals surface area (Å²) in [6, 6.07) is 3.26. The summed E-state index contributed by atoms with van der Waals surface area (Å²) < 4.78 is 11.1. The van der Waals surface area contributed by atoms with Gasteiger partial charge in [-0.2, -0.15) is 0 Å². The molecule has 0 aromatic carbocycles. The molecular weight excluding hydrogens is 308 g/mol. The number of ether oxygens (including phenoxy) is 1. The molecule has 4 N–H and O–H groups in total. The Morgan fingerprint density at radius 1 is 1.33 bits per heavy atom. The zero-order valence-corrected chi connectivity index (χ0v) is 15.1. The van der Waals surface area contributed by atoms with Crippen LogP contribution in [0.3, 0.4) is 0 Å². The van der Waals surface area contributed by atoms with Crippen LogP contribution in [0.1, 0.15) is 50.4 Å². The lowest BCUT2D eigenvalue weighted by atomic mass is 10.0. The number of rotatable bonds is 10. The fourth-order valence-electron chi connectivity index (χ4n) is 2.25. The molecule has 1 atom stereocenters. The fraction of sp³-hybridized carbons (Fsp3) is 0.647. The molecule has 0 aliphatic rings. The Balaban J connectivity index is 2.53. The molecule has 1 aromatic rings. The number of nitrogens with zero attached hydrogens (tertiary/aromatic N) is 1. The number of nitrogens with two attached hydrogens (primary N) is 1. The van der Waals surface area contributed by atoms with Crippen molar-refractivity contribution in [2.24, 2.45) is 16.6 Å². The van der Waals surface area contributed by atoms with Gasteiger partial charge in [0.1, 0.15) is 12.3 Å². The zero-order chi connectivity index (χ0) is 17.9. The molecule has 0 saturated heterocycles. The Hall–Kier alpha value is -2.02. The molecule has 136 valence electrons. The number of aliphatic imine (C=N–C) groups is 1. The molecule has 1 unspecified atom stereocenters. The van der Waals surface area contributed by atoms with Gasteiger partial charge in [0.15, 0.2) is 11.7 Å². The molecule has 0 fully saturated rings. The monoisotopic (exact) mass is 338 g/mol. The number of guanidine groups is 1. The van der Waals surface area contributed by atoms with E-state index in [1.807, 2.05) is 13.8 Å².